The maximum Gasteiger partial charge on any atom is 0.142 e. The zero-order valence-corrected chi connectivity index (χ0v) is 9.52. The minimum Gasteiger partial charge on any atom is -0.377 e. The number of hydrogen-bond donors (Lipinski definition) is 2. The second kappa shape index (κ2) is 5.14. The lowest BCUT2D eigenvalue weighted by molar-refractivity contribution is 0.0820. The Labute approximate surface area is 95.6 Å². The van der Waals surface area contributed by atoms with Gasteiger partial charge in [-0.15, -0.1) is 0 Å². The van der Waals surface area contributed by atoms with E-state index in [2.05, 4.69) is 22.2 Å². The molecule has 1 saturated heterocycles. The summed E-state index contributed by atoms with van der Waals surface area (Å²) in [6.45, 7) is 4.77. The summed E-state index contributed by atoms with van der Waals surface area (Å²) >= 11 is 0. The molecule has 1 unspecified atom stereocenters. The lowest BCUT2D eigenvalue weighted by Gasteiger charge is -2.23. The lowest BCUT2D eigenvalue weighted by atomic mass is 10.3. The molecular formula is C11H18N4O. The van der Waals surface area contributed by atoms with Crippen molar-refractivity contribution in [2.24, 2.45) is 5.84 Å². The Hall–Kier alpha value is -1.33. The van der Waals surface area contributed by atoms with Crippen molar-refractivity contribution in [3.05, 3.63) is 18.2 Å². The van der Waals surface area contributed by atoms with Crippen LogP contribution in [0.3, 0.4) is 0 Å². The summed E-state index contributed by atoms with van der Waals surface area (Å²) in [4.78, 5) is 6.66. The van der Waals surface area contributed by atoms with Crippen LogP contribution < -0.4 is 16.2 Å². The molecular weight excluding hydrogens is 204 g/mol. The van der Waals surface area contributed by atoms with Crippen molar-refractivity contribution < 1.29 is 4.74 Å². The molecule has 5 nitrogen and oxygen atoms in total. The first-order valence-corrected chi connectivity index (χ1v) is 5.60. The molecule has 1 fully saturated rings. The van der Waals surface area contributed by atoms with Gasteiger partial charge in [0, 0.05) is 19.7 Å². The molecule has 16 heavy (non-hydrogen) atoms. The van der Waals surface area contributed by atoms with E-state index >= 15 is 0 Å². The molecule has 0 radical (unpaired) electrons. The highest BCUT2D eigenvalue weighted by molar-refractivity contribution is 5.46. The largest absolute Gasteiger partial charge is 0.377 e. The monoisotopic (exact) mass is 222 g/mol. The van der Waals surface area contributed by atoms with Crippen molar-refractivity contribution >= 4 is 11.6 Å². The van der Waals surface area contributed by atoms with Crippen LogP contribution >= 0.6 is 0 Å². The SMILES string of the molecule is CC1CN(c2cccc(NN)n2)CCCO1. The van der Waals surface area contributed by atoms with Crippen molar-refractivity contribution in [1.29, 1.82) is 0 Å². The number of nitrogens with one attached hydrogen (secondary N) is 1. The van der Waals surface area contributed by atoms with Crippen LogP contribution in [0.2, 0.25) is 0 Å². The minimum absolute atomic E-state index is 0.249. The van der Waals surface area contributed by atoms with Crippen molar-refractivity contribution in [3.8, 4) is 0 Å². The normalized spacial score (nSPS) is 21.6. The van der Waals surface area contributed by atoms with E-state index in [4.69, 9.17) is 10.6 Å². The maximum atomic E-state index is 5.60. The second-order valence-corrected chi connectivity index (χ2v) is 4.01. The van der Waals surface area contributed by atoms with Gasteiger partial charge >= 0.3 is 0 Å². The van der Waals surface area contributed by atoms with Gasteiger partial charge in [-0.1, -0.05) is 6.07 Å². The first-order valence-electron chi connectivity index (χ1n) is 5.60. The molecule has 1 aliphatic heterocycles. The van der Waals surface area contributed by atoms with Crippen LogP contribution in [0.1, 0.15) is 13.3 Å². The predicted molar refractivity (Wildman–Crippen MR) is 64.3 cm³/mol. The molecule has 1 aromatic rings. The Morgan fingerprint density at radius 1 is 1.56 bits per heavy atom. The number of hydrogen-bond acceptors (Lipinski definition) is 5. The molecule has 0 saturated carbocycles. The lowest BCUT2D eigenvalue weighted by Crippen LogP contribution is -2.31. The molecule has 0 bridgehead atoms. The topological polar surface area (TPSA) is 63.4 Å². The van der Waals surface area contributed by atoms with E-state index in [1.807, 2.05) is 18.2 Å². The van der Waals surface area contributed by atoms with E-state index in [-0.39, 0.29) is 6.10 Å². The zero-order chi connectivity index (χ0) is 11.4. The molecule has 3 N–H and O–H groups in total. The van der Waals surface area contributed by atoms with Crippen LogP contribution in [0.5, 0.6) is 0 Å². The summed E-state index contributed by atoms with van der Waals surface area (Å²) in [5, 5.41) is 0. The molecule has 0 spiro atoms. The van der Waals surface area contributed by atoms with Gasteiger partial charge in [0.05, 0.1) is 6.10 Å². The number of nitrogen functional groups attached to an aromatic ring is 1. The van der Waals surface area contributed by atoms with E-state index in [9.17, 15) is 0 Å². The number of ether oxygens (including phenoxy) is 1. The van der Waals surface area contributed by atoms with E-state index < -0.39 is 0 Å². The summed E-state index contributed by atoms with van der Waals surface area (Å²) in [5.74, 6) is 6.99. The van der Waals surface area contributed by atoms with Crippen molar-refractivity contribution in [1.82, 2.24) is 4.98 Å². The molecule has 1 atom stereocenters. The Morgan fingerprint density at radius 2 is 2.44 bits per heavy atom. The Balaban J connectivity index is 2.14. The van der Waals surface area contributed by atoms with Gasteiger partial charge in [-0.3, -0.25) is 0 Å². The Kier molecular flexibility index (Phi) is 3.58. The quantitative estimate of drug-likeness (QED) is 0.577. The summed E-state index contributed by atoms with van der Waals surface area (Å²) in [5.41, 5.74) is 2.56. The van der Waals surface area contributed by atoms with Gasteiger partial charge in [-0.2, -0.15) is 0 Å². The van der Waals surface area contributed by atoms with Crippen LogP contribution in [0.15, 0.2) is 18.2 Å². The Morgan fingerprint density at radius 3 is 3.25 bits per heavy atom. The summed E-state index contributed by atoms with van der Waals surface area (Å²) < 4.78 is 5.60. The van der Waals surface area contributed by atoms with Crippen LogP contribution in [-0.2, 0) is 4.74 Å². The van der Waals surface area contributed by atoms with Crippen molar-refractivity contribution in [2.45, 2.75) is 19.4 Å². The first-order chi connectivity index (χ1) is 7.79. The smallest absolute Gasteiger partial charge is 0.142 e. The van der Waals surface area contributed by atoms with Crippen LogP contribution in [0.25, 0.3) is 0 Å². The van der Waals surface area contributed by atoms with Gasteiger partial charge < -0.3 is 15.1 Å². The fourth-order valence-electron chi connectivity index (χ4n) is 1.88. The number of anilines is 2. The molecule has 0 amide bonds. The van der Waals surface area contributed by atoms with Crippen LogP contribution in [0.4, 0.5) is 11.6 Å². The number of rotatable bonds is 2. The number of nitrogens with two attached hydrogens (primary N) is 1. The van der Waals surface area contributed by atoms with Gasteiger partial charge in [0.15, 0.2) is 0 Å². The van der Waals surface area contributed by atoms with Gasteiger partial charge in [-0.05, 0) is 25.5 Å². The van der Waals surface area contributed by atoms with Crippen LogP contribution in [-0.4, -0.2) is 30.8 Å². The molecule has 2 heterocycles. The molecule has 5 heteroatoms. The fraction of sp³-hybridized carbons (Fsp3) is 0.545. The fourth-order valence-corrected chi connectivity index (χ4v) is 1.88. The highest BCUT2D eigenvalue weighted by Crippen LogP contribution is 2.17. The number of aromatic nitrogens is 1. The molecule has 1 aliphatic rings. The summed E-state index contributed by atoms with van der Waals surface area (Å²) in [7, 11) is 0. The predicted octanol–water partition coefficient (Wildman–Crippen LogP) is 0.982. The first kappa shape index (κ1) is 11.2. The van der Waals surface area contributed by atoms with E-state index in [0.29, 0.717) is 5.82 Å². The average molecular weight is 222 g/mol. The van der Waals surface area contributed by atoms with E-state index in [1.165, 1.54) is 0 Å². The second-order valence-electron chi connectivity index (χ2n) is 4.01. The van der Waals surface area contributed by atoms with Gasteiger partial charge in [0.2, 0.25) is 0 Å². The molecule has 1 aromatic heterocycles. The standard InChI is InChI=1S/C11H18N4O/c1-9-8-15(6-3-7-16-9)11-5-2-4-10(13-11)14-12/h2,4-5,9H,3,6-8,12H2,1H3,(H,13,14). The zero-order valence-electron chi connectivity index (χ0n) is 9.52. The number of pyridine rings is 1. The van der Waals surface area contributed by atoms with Gasteiger partial charge in [0.25, 0.3) is 0 Å². The van der Waals surface area contributed by atoms with Crippen molar-refractivity contribution in [3.63, 3.8) is 0 Å². The highest BCUT2D eigenvalue weighted by atomic mass is 16.5. The number of nitrogens with zero attached hydrogens (tertiary/aromatic N) is 2. The summed E-state index contributed by atoms with van der Waals surface area (Å²) in [6.07, 6.45) is 1.28. The number of hydrazine groups is 1. The highest BCUT2D eigenvalue weighted by Gasteiger charge is 2.16. The van der Waals surface area contributed by atoms with E-state index in [1.54, 1.807) is 0 Å². The minimum atomic E-state index is 0.249. The summed E-state index contributed by atoms with van der Waals surface area (Å²) in [6, 6.07) is 5.80. The third kappa shape index (κ3) is 2.62. The van der Waals surface area contributed by atoms with Gasteiger partial charge in [-0.25, -0.2) is 10.8 Å². The van der Waals surface area contributed by atoms with Gasteiger partial charge in [0.1, 0.15) is 11.6 Å². The Bertz CT molecular complexity index is 345. The third-order valence-electron chi connectivity index (χ3n) is 2.66. The molecule has 0 aromatic carbocycles. The maximum absolute atomic E-state index is 5.60. The average Bonchev–Trinajstić information content (AvgIpc) is 2.54. The molecule has 88 valence electrons. The van der Waals surface area contributed by atoms with Crippen molar-refractivity contribution in [2.75, 3.05) is 30.0 Å². The third-order valence-corrected chi connectivity index (χ3v) is 2.66. The molecule has 0 aliphatic carbocycles. The molecule has 2 rings (SSSR count). The van der Waals surface area contributed by atoms with Crippen LogP contribution in [0, 0.1) is 0 Å². The van der Waals surface area contributed by atoms with E-state index in [0.717, 1.165) is 31.9 Å².